The number of aromatic nitrogens is 4. The highest BCUT2D eigenvalue weighted by Crippen LogP contribution is 2.47. The molecular formula is C42H51N4O15P. The molecule has 0 spiro atoms. The van der Waals surface area contributed by atoms with Crippen LogP contribution in [0.5, 0.6) is 0 Å². The van der Waals surface area contributed by atoms with Gasteiger partial charge < -0.3 is 48.8 Å². The minimum absolute atomic E-state index is 0.0307. The normalized spacial score (nSPS) is 21.4. The summed E-state index contributed by atoms with van der Waals surface area (Å²) in [7, 11) is -0.816. The van der Waals surface area contributed by atoms with Gasteiger partial charge in [-0.3, -0.25) is 33.3 Å². The maximum atomic E-state index is 12.6. The number of aromatic amines is 2. The molecule has 0 aliphatic carbocycles. The molecule has 2 fully saturated rings. The van der Waals surface area contributed by atoms with Crippen molar-refractivity contribution in [3.8, 4) is 0 Å². The smallest absolute Gasteiger partial charge is 0.330 e. The third-order valence-electron chi connectivity index (χ3n) is 10.1. The van der Waals surface area contributed by atoms with Gasteiger partial charge in [0.25, 0.3) is 11.1 Å². The van der Waals surface area contributed by atoms with Gasteiger partial charge in [-0.2, -0.15) is 0 Å². The fourth-order valence-electron chi connectivity index (χ4n) is 7.16. The number of ether oxygens (including phenoxy) is 5. The van der Waals surface area contributed by atoms with Crippen LogP contribution >= 0.6 is 7.60 Å². The first kappa shape index (κ1) is 47.9. The highest BCUT2D eigenvalue weighted by atomic mass is 31.2. The summed E-state index contributed by atoms with van der Waals surface area (Å²) in [5, 5.41) is 29.8. The largest absolute Gasteiger partial charge is 0.394 e. The molecule has 0 radical (unpaired) electrons. The maximum Gasteiger partial charge on any atom is 0.330 e. The van der Waals surface area contributed by atoms with Crippen molar-refractivity contribution in [3.63, 3.8) is 0 Å². The summed E-state index contributed by atoms with van der Waals surface area (Å²) in [5.41, 5.74) is -0.327. The van der Waals surface area contributed by atoms with Crippen molar-refractivity contribution in [2.45, 2.75) is 75.1 Å². The Balaban J connectivity index is 0.000000272. The van der Waals surface area contributed by atoms with E-state index in [0.29, 0.717) is 11.1 Å². The third kappa shape index (κ3) is 10.9. The quantitative estimate of drug-likeness (QED) is 0.0566. The van der Waals surface area contributed by atoms with E-state index in [9.17, 15) is 34.0 Å². The Hall–Kier alpha value is -5.15. The van der Waals surface area contributed by atoms with Crippen LogP contribution in [0.1, 0.15) is 53.1 Å². The predicted octanol–water partition coefficient (Wildman–Crippen LogP) is 1.73. The van der Waals surface area contributed by atoms with Crippen LogP contribution in [0.15, 0.2) is 123 Å². The fourth-order valence-corrected chi connectivity index (χ4v) is 7.16. The van der Waals surface area contributed by atoms with Crippen LogP contribution in [0.4, 0.5) is 0 Å². The summed E-state index contributed by atoms with van der Waals surface area (Å²) >= 11 is 0. The van der Waals surface area contributed by atoms with Crippen LogP contribution < -0.4 is 22.5 Å². The topological polar surface area (TPSA) is 274 Å². The van der Waals surface area contributed by atoms with E-state index >= 15 is 0 Å². The highest BCUT2D eigenvalue weighted by Gasteiger charge is 2.57. The van der Waals surface area contributed by atoms with Crippen LogP contribution in [0.3, 0.4) is 0 Å². The molecule has 19 nitrogen and oxygen atoms in total. The van der Waals surface area contributed by atoms with Gasteiger partial charge in [-0.05, 0) is 30.5 Å². The van der Waals surface area contributed by atoms with Crippen LogP contribution in [-0.4, -0.2) is 102 Å². The van der Waals surface area contributed by atoms with E-state index in [2.05, 4.69) is 9.97 Å². The Morgan fingerprint density at radius 2 is 1.06 bits per heavy atom. The summed E-state index contributed by atoms with van der Waals surface area (Å²) in [6.07, 6.45) is -2.38. The number of H-pyrrole nitrogens is 2. The van der Waals surface area contributed by atoms with Gasteiger partial charge in [0, 0.05) is 57.2 Å². The highest BCUT2D eigenvalue weighted by molar-refractivity contribution is 7.50. The molecule has 2 saturated heterocycles. The zero-order valence-electron chi connectivity index (χ0n) is 34.6. The summed E-state index contributed by atoms with van der Waals surface area (Å²) in [4.78, 5) is 67.0. The van der Waals surface area contributed by atoms with Crippen molar-refractivity contribution < 1.29 is 53.4 Å². The molecule has 4 heterocycles. The monoisotopic (exact) mass is 882 g/mol. The van der Waals surface area contributed by atoms with E-state index < -0.39 is 78.5 Å². The first-order valence-electron chi connectivity index (χ1n) is 19.3. The van der Waals surface area contributed by atoms with Gasteiger partial charge in [-0.15, -0.1) is 0 Å². The van der Waals surface area contributed by atoms with Gasteiger partial charge in [0.05, 0.1) is 18.8 Å². The van der Waals surface area contributed by atoms with Gasteiger partial charge in [0.2, 0.25) is 0 Å². The number of aliphatic hydroxyl groups is 3. The van der Waals surface area contributed by atoms with Crippen molar-refractivity contribution in [2.24, 2.45) is 0 Å². The van der Waals surface area contributed by atoms with Gasteiger partial charge in [0.1, 0.15) is 24.2 Å². The Kier molecular flexibility index (Phi) is 15.7. The van der Waals surface area contributed by atoms with Crippen molar-refractivity contribution in [3.05, 3.63) is 173 Å². The first-order chi connectivity index (χ1) is 29.4. The lowest BCUT2D eigenvalue weighted by molar-refractivity contribution is -0.428. The molecule has 0 unspecified atom stereocenters. The molecule has 0 amide bonds. The van der Waals surface area contributed by atoms with E-state index in [0.717, 1.165) is 23.4 Å². The lowest BCUT2D eigenvalue weighted by atomic mass is 9.80. The molecule has 334 valence electrons. The number of methoxy groups -OCH3 is 2. The van der Waals surface area contributed by atoms with Crippen LogP contribution in [0.2, 0.25) is 0 Å². The molecule has 2 aliphatic heterocycles. The molecule has 3 aromatic carbocycles. The average Bonchev–Trinajstić information content (AvgIpc) is 3.83. The number of hydrogen-bond donors (Lipinski definition) is 7. The molecule has 20 heteroatoms. The van der Waals surface area contributed by atoms with Crippen LogP contribution in [0.25, 0.3) is 0 Å². The third-order valence-corrected chi connectivity index (χ3v) is 10.1. The molecule has 7 N–H and O–H groups in total. The lowest BCUT2D eigenvalue weighted by Gasteiger charge is -2.45. The standard InChI is InChI=1S/C31H32N2O7.C10H14N2O5.CH5O3P/c1-21-20-33(29(36)32-28(21)35)26-19-25(34)27(39-26)31(37-2,38-3)40-30(22-13-7-4-8-14-22,23-15-9-5-10-16-23)24-17-11-6-12-18-24;1-5-3-12(10(16)11-9(5)15)8-2-6(14)7(4-13)17-8;1-5(2,3)4/h4-18,20,25-27,34H,19H2,1-3H3,(H,32,35,36);3,6-8,13-14H,2,4H2,1H3,(H,11,15,16);1H3,(H2,2,3,4)/t25-,26+,27-;6-,7+,8+;/m00./s1. The van der Waals surface area contributed by atoms with E-state index in [1.165, 1.54) is 35.7 Å². The molecule has 0 saturated carbocycles. The van der Waals surface area contributed by atoms with Crippen LogP contribution in [-0.2, 0) is 33.9 Å². The number of hydrogen-bond acceptors (Lipinski definition) is 13. The lowest BCUT2D eigenvalue weighted by Crippen LogP contribution is -2.57. The Morgan fingerprint density at radius 3 is 1.42 bits per heavy atom. The molecule has 2 aliphatic rings. The number of nitrogens with zero attached hydrogens (tertiary/aromatic N) is 2. The number of aliphatic hydroxyl groups excluding tert-OH is 3. The number of benzene rings is 3. The number of nitrogens with one attached hydrogen (secondary N) is 2. The van der Waals surface area contributed by atoms with Gasteiger partial charge in [-0.1, -0.05) is 91.0 Å². The molecule has 2 aromatic heterocycles. The van der Waals surface area contributed by atoms with Gasteiger partial charge in [0.15, 0.2) is 6.10 Å². The van der Waals surface area contributed by atoms with Gasteiger partial charge >= 0.3 is 24.9 Å². The van der Waals surface area contributed by atoms with Crippen molar-refractivity contribution >= 4 is 7.60 Å². The minimum Gasteiger partial charge on any atom is -0.394 e. The maximum absolute atomic E-state index is 12.6. The average molecular weight is 883 g/mol. The van der Waals surface area contributed by atoms with Crippen molar-refractivity contribution in [2.75, 3.05) is 27.5 Å². The number of aryl methyl sites for hydroxylation is 2. The van der Waals surface area contributed by atoms with E-state index in [4.69, 9.17) is 38.6 Å². The number of rotatable bonds is 11. The molecular weight excluding hydrogens is 831 g/mol. The first-order valence-corrected chi connectivity index (χ1v) is 21.4. The van der Waals surface area contributed by atoms with E-state index in [1.54, 1.807) is 13.8 Å². The van der Waals surface area contributed by atoms with Crippen molar-refractivity contribution in [1.82, 2.24) is 19.1 Å². The molecule has 7 rings (SSSR count). The van der Waals surface area contributed by atoms with Gasteiger partial charge in [-0.25, -0.2) is 9.59 Å². The molecule has 6 atom stereocenters. The second-order valence-corrected chi connectivity index (χ2v) is 16.3. The minimum atomic E-state index is -3.64. The second-order valence-electron chi connectivity index (χ2n) is 14.6. The fraction of sp³-hybridized carbons (Fsp3) is 0.381. The molecule has 5 aromatic rings. The van der Waals surface area contributed by atoms with Crippen molar-refractivity contribution in [1.29, 1.82) is 0 Å². The SMILES string of the molecule is COC(OC)(OC(c1ccccc1)(c1ccccc1)c1ccccc1)[C@H]1O[C@@H](n2cc(C)c(=O)[nH]c2=O)C[C@@H]1O.CP(=O)(O)O.Cc1cn([C@H]2C[C@H](O)[C@@H](CO)O2)c(=O)[nH]c1=O. The zero-order valence-corrected chi connectivity index (χ0v) is 35.5. The van der Waals surface area contributed by atoms with E-state index in [-0.39, 0.29) is 19.4 Å². The summed E-state index contributed by atoms with van der Waals surface area (Å²) in [6.45, 7) is 3.70. The van der Waals surface area contributed by atoms with Crippen LogP contribution in [0, 0.1) is 13.8 Å². The predicted molar refractivity (Wildman–Crippen MR) is 223 cm³/mol. The summed E-state index contributed by atoms with van der Waals surface area (Å²) in [5.74, 6) is -1.93. The molecule has 62 heavy (non-hydrogen) atoms. The zero-order chi connectivity index (χ0) is 45.4. The summed E-state index contributed by atoms with van der Waals surface area (Å²) in [6, 6.07) is 29.0. The summed E-state index contributed by atoms with van der Waals surface area (Å²) < 4.78 is 42.3. The Labute approximate surface area is 354 Å². The van der Waals surface area contributed by atoms with E-state index in [1.807, 2.05) is 91.0 Å². The molecule has 0 bridgehead atoms. The second kappa shape index (κ2) is 20.4. The Bertz CT molecular complexity index is 2420. The Morgan fingerprint density at radius 1 is 0.694 bits per heavy atom.